The minimum absolute atomic E-state index is 0.0232. The number of carbonyl (C=O) groups is 1. The summed E-state index contributed by atoms with van der Waals surface area (Å²) in [6.07, 6.45) is -4.65. The van der Waals surface area contributed by atoms with Crippen molar-refractivity contribution in [2.24, 2.45) is 0 Å². The van der Waals surface area contributed by atoms with Gasteiger partial charge in [0, 0.05) is 5.88 Å². The van der Waals surface area contributed by atoms with E-state index >= 15 is 0 Å². The molecule has 4 nitrogen and oxygen atoms in total. The molecule has 0 saturated carbocycles. The number of methoxy groups -OCH3 is 1. The molecule has 1 heterocycles. The molecule has 0 spiro atoms. The lowest BCUT2D eigenvalue weighted by Crippen LogP contribution is -2.13. The Balaban J connectivity index is 3.35. The standard InChI is InChI=1S/C8H7BrClF3N2O2/c1-17-7(16)5-4(9)6(8(11,12)13)14-15(5)3-2-10/h2-3H2,1H3. The quantitative estimate of drug-likeness (QED) is 0.630. The van der Waals surface area contributed by atoms with E-state index in [1.807, 2.05) is 0 Å². The number of hydrogen-bond donors (Lipinski definition) is 0. The minimum atomic E-state index is -4.65. The lowest BCUT2D eigenvalue weighted by molar-refractivity contribution is -0.142. The van der Waals surface area contributed by atoms with Crippen molar-refractivity contribution in [3.05, 3.63) is 15.9 Å². The summed E-state index contributed by atoms with van der Waals surface area (Å²) in [4.78, 5) is 11.3. The molecule has 17 heavy (non-hydrogen) atoms. The number of nitrogens with zero attached hydrogens (tertiary/aromatic N) is 2. The second-order valence-corrected chi connectivity index (χ2v) is 4.08. The second kappa shape index (κ2) is 5.26. The van der Waals surface area contributed by atoms with Crippen LogP contribution in [0.4, 0.5) is 13.2 Å². The highest BCUT2D eigenvalue weighted by atomic mass is 79.9. The van der Waals surface area contributed by atoms with Crippen LogP contribution in [-0.2, 0) is 17.5 Å². The number of aromatic nitrogens is 2. The molecule has 0 N–H and O–H groups in total. The summed E-state index contributed by atoms with van der Waals surface area (Å²) < 4.78 is 42.5. The highest BCUT2D eigenvalue weighted by molar-refractivity contribution is 9.10. The number of carbonyl (C=O) groups excluding carboxylic acids is 1. The topological polar surface area (TPSA) is 44.1 Å². The summed E-state index contributed by atoms with van der Waals surface area (Å²) in [6.45, 7) is -0.0271. The highest BCUT2D eigenvalue weighted by Crippen LogP contribution is 2.36. The first kappa shape index (κ1) is 14.3. The number of rotatable bonds is 3. The van der Waals surface area contributed by atoms with Crippen LogP contribution in [0.15, 0.2) is 4.47 Å². The molecule has 0 aliphatic heterocycles. The van der Waals surface area contributed by atoms with Crippen LogP contribution < -0.4 is 0 Å². The van der Waals surface area contributed by atoms with E-state index in [0.717, 1.165) is 11.8 Å². The average molecular weight is 336 g/mol. The Hall–Kier alpha value is -0.760. The third kappa shape index (κ3) is 2.92. The number of esters is 1. The zero-order chi connectivity index (χ0) is 13.2. The van der Waals surface area contributed by atoms with Crippen molar-refractivity contribution >= 4 is 33.5 Å². The van der Waals surface area contributed by atoms with Crippen molar-refractivity contribution in [1.29, 1.82) is 0 Å². The molecule has 0 fully saturated rings. The molecule has 0 radical (unpaired) electrons. The van der Waals surface area contributed by atoms with E-state index < -0.39 is 22.3 Å². The summed E-state index contributed by atoms with van der Waals surface area (Å²) in [7, 11) is 1.07. The smallest absolute Gasteiger partial charge is 0.436 e. The monoisotopic (exact) mass is 334 g/mol. The maximum absolute atomic E-state index is 12.6. The zero-order valence-corrected chi connectivity index (χ0v) is 10.9. The Bertz CT molecular complexity index is 433. The van der Waals surface area contributed by atoms with Gasteiger partial charge in [-0.3, -0.25) is 4.68 Å². The van der Waals surface area contributed by atoms with Gasteiger partial charge in [0.25, 0.3) is 0 Å². The molecule has 0 amide bonds. The van der Waals surface area contributed by atoms with Crippen molar-refractivity contribution in [2.45, 2.75) is 12.7 Å². The molecule has 96 valence electrons. The summed E-state index contributed by atoms with van der Waals surface area (Å²) in [5, 5.41) is 3.30. The number of ether oxygens (including phenoxy) is 1. The molecule has 9 heteroatoms. The van der Waals surface area contributed by atoms with Crippen LogP contribution in [0.1, 0.15) is 16.2 Å². The Labute approximate surface area is 108 Å². The molecule has 1 rings (SSSR count). The summed E-state index contributed by atoms with van der Waals surface area (Å²) in [5.74, 6) is -0.889. The average Bonchev–Trinajstić information content (AvgIpc) is 2.55. The van der Waals surface area contributed by atoms with Crippen LogP contribution in [0.5, 0.6) is 0 Å². The maximum atomic E-state index is 12.6. The number of hydrogen-bond acceptors (Lipinski definition) is 3. The zero-order valence-electron chi connectivity index (χ0n) is 8.51. The lowest BCUT2D eigenvalue weighted by Gasteiger charge is -2.03. The van der Waals surface area contributed by atoms with Crippen LogP contribution in [0.3, 0.4) is 0 Å². The molecular formula is C8H7BrClF3N2O2. The van der Waals surface area contributed by atoms with Crippen molar-refractivity contribution in [1.82, 2.24) is 9.78 Å². The van der Waals surface area contributed by atoms with Gasteiger partial charge in [-0.05, 0) is 15.9 Å². The Morgan fingerprint density at radius 1 is 1.59 bits per heavy atom. The van der Waals surface area contributed by atoms with E-state index in [1.165, 1.54) is 0 Å². The predicted octanol–water partition coefficient (Wildman–Crippen LogP) is 2.69. The van der Waals surface area contributed by atoms with E-state index in [9.17, 15) is 18.0 Å². The van der Waals surface area contributed by atoms with Crippen LogP contribution in [0.2, 0.25) is 0 Å². The van der Waals surface area contributed by atoms with Gasteiger partial charge in [-0.1, -0.05) is 0 Å². The Kier molecular flexibility index (Phi) is 4.42. The number of aryl methyl sites for hydroxylation is 1. The van der Waals surface area contributed by atoms with Crippen molar-refractivity contribution in [3.8, 4) is 0 Å². The number of halogens is 5. The van der Waals surface area contributed by atoms with Crippen molar-refractivity contribution in [2.75, 3.05) is 13.0 Å². The normalized spacial score (nSPS) is 11.6. The van der Waals surface area contributed by atoms with Gasteiger partial charge >= 0.3 is 12.1 Å². The second-order valence-electron chi connectivity index (χ2n) is 2.91. The van der Waals surface area contributed by atoms with E-state index in [1.54, 1.807) is 0 Å². The molecule has 0 aromatic carbocycles. The first-order valence-electron chi connectivity index (χ1n) is 4.30. The van der Waals surface area contributed by atoms with Crippen molar-refractivity contribution in [3.63, 3.8) is 0 Å². The molecule has 1 aromatic rings. The van der Waals surface area contributed by atoms with Crippen LogP contribution in [0, 0.1) is 0 Å². The fourth-order valence-electron chi connectivity index (χ4n) is 1.15. The van der Waals surface area contributed by atoms with Crippen LogP contribution >= 0.6 is 27.5 Å². The van der Waals surface area contributed by atoms with Gasteiger partial charge in [0.15, 0.2) is 11.4 Å². The van der Waals surface area contributed by atoms with E-state index in [2.05, 4.69) is 25.8 Å². The van der Waals surface area contributed by atoms with E-state index in [4.69, 9.17) is 11.6 Å². The van der Waals surface area contributed by atoms with Gasteiger partial charge in [-0.15, -0.1) is 11.6 Å². The third-order valence-corrected chi connectivity index (χ3v) is 2.76. The fourth-order valence-corrected chi connectivity index (χ4v) is 1.99. The van der Waals surface area contributed by atoms with Gasteiger partial charge in [0.05, 0.1) is 18.1 Å². The van der Waals surface area contributed by atoms with Crippen LogP contribution in [-0.4, -0.2) is 28.7 Å². The van der Waals surface area contributed by atoms with Gasteiger partial charge in [0.1, 0.15) is 0 Å². The predicted molar refractivity (Wildman–Crippen MR) is 57.0 cm³/mol. The van der Waals surface area contributed by atoms with Gasteiger partial charge in [0.2, 0.25) is 0 Å². The maximum Gasteiger partial charge on any atom is 0.436 e. The molecule has 0 unspecified atom stereocenters. The summed E-state index contributed by atoms with van der Waals surface area (Å²) in [6, 6.07) is 0. The fraction of sp³-hybridized carbons (Fsp3) is 0.500. The molecule has 0 atom stereocenters. The first-order chi connectivity index (χ1) is 7.82. The van der Waals surface area contributed by atoms with E-state index in [0.29, 0.717) is 0 Å². The molecule has 0 saturated heterocycles. The highest BCUT2D eigenvalue weighted by Gasteiger charge is 2.40. The van der Waals surface area contributed by atoms with E-state index in [-0.39, 0.29) is 18.1 Å². The SMILES string of the molecule is COC(=O)c1c(Br)c(C(F)(F)F)nn1CCCl. The largest absolute Gasteiger partial charge is 0.464 e. The molecule has 0 aliphatic rings. The van der Waals surface area contributed by atoms with Gasteiger partial charge in [-0.2, -0.15) is 18.3 Å². The first-order valence-corrected chi connectivity index (χ1v) is 5.63. The summed E-state index contributed by atoms with van der Waals surface area (Å²) in [5.41, 5.74) is -1.48. The molecule has 0 bridgehead atoms. The third-order valence-electron chi connectivity index (χ3n) is 1.84. The number of alkyl halides is 4. The summed E-state index contributed by atoms with van der Waals surface area (Å²) >= 11 is 8.12. The van der Waals surface area contributed by atoms with Gasteiger partial charge < -0.3 is 4.74 Å². The molecule has 1 aromatic heterocycles. The minimum Gasteiger partial charge on any atom is -0.464 e. The lowest BCUT2D eigenvalue weighted by atomic mass is 10.3. The molecular weight excluding hydrogens is 328 g/mol. The van der Waals surface area contributed by atoms with Crippen LogP contribution in [0.25, 0.3) is 0 Å². The van der Waals surface area contributed by atoms with Crippen molar-refractivity contribution < 1.29 is 22.7 Å². The van der Waals surface area contributed by atoms with Gasteiger partial charge in [-0.25, -0.2) is 4.79 Å². The molecule has 0 aliphatic carbocycles. The Morgan fingerprint density at radius 2 is 2.18 bits per heavy atom. The Morgan fingerprint density at radius 3 is 2.59 bits per heavy atom.